The minimum absolute atomic E-state index is 0.250. The van der Waals surface area contributed by atoms with Gasteiger partial charge in [0.25, 0.3) is 0 Å². The largest absolute Gasteiger partial charge is 0.463 e. The molecule has 0 aromatic carbocycles. The zero-order chi connectivity index (χ0) is 21.7. The molecule has 0 bridgehead atoms. The molecule has 1 aliphatic carbocycles. The maximum Gasteiger partial charge on any atom is 0.351 e. The highest BCUT2D eigenvalue weighted by atomic mass is 16.6. The lowest BCUT2D eigenvalue weighted by atomic mass is 9.75. The van der Waals surface area contributed by atoms with Crippen molar-refractivity contribution < 1.29 is 28.6 Å². The third kappa shape index (κ3) is 8.19. The van der Waals surface area contributed by atoms with Crippen LogP contribution in [0, 0.1) is 5.92 Å². The van der Waals surface area contributed by atoms with Crippen molar-refractivity contribution in [3.05, 3.63) is 12.7 Å². The Kier molecular flexibility index (Phi) is 11.6. The van der Waals surface area contributed by atoms with Crippen molar-refractivity contribution in [2.24, 2.45) is 5.92 Å². The van der Waals surface area contributed by atoms with E-state index in [4.69, 9.17) is 14.2 Å². The van der Waals surface area contributed by atoms with Crippen LogP contribution in [0.25, 0.3) is 0 Å². The molecular formula is C23H38O6. The second-order valence-corrected chi connectivity index (χ2v) is 8.06. The minimum atomic E-state index is -1.63. The van der Waals surface area contributed by atoms with E-state index in [0.29, 0.717) is 12.8 Å². The maximum atomic E-state index is 13.0. The van der Waals surface area contributed by atoms with Gasteiger partial charge in [-0.3, -0.25) is 4.79 Å². The summed E-state index contributed by atoms with van der Waals surface area (Å²) in [5, 5.41) is 0. The molecule has 6 heteroatoms. The molecule has 0 radical (unpaired) electrons. The maximum absolute atomic E-state index is 13.0. The number of carbonyl (C=O) groups excluding carboxylic acids is 3. The Bertz CT molecular complexity index is 541. The van der Waals surface area contributed by atoms with Crippen molar-refractivity contribution in [1.29, 1.82) is 0 Å². The van der Waals surface area contributed by atoms with Gasteiger partial charge in [-0.05, 0) is 39.5 Å². The fourth-order valence-electron chi connectivity index (χ4n) is 3.74. The summed E-state index contributed by atoms with van der Waals surface area (Å²) in [6.07, 6.45) is 10.5. The molecule has 1 fully saturated rings. The van der Waals surface area contributed by atoms with E-state index in [2.05, 4.69) is 13.5 Å². The topological polar surface area (TPSA) is 78.9 Å². The molecule has 2 atom stereocenters. The molecule has 0 aliphatic heterocycles. The molecule has 0 saturated heterocycles. The van der Waals surface area contributed by atoms with E-state index in [0.717, 1.165) is 31.8 Å². The van der Waals surface area contributed by atoms with Gasteiger partial charge in [0.2, 0.25) is 5.60 Å². The molecule has 0 heterocycles. The van der Waals surface area contributed by atoms with E-state index in [9.17, 15) is 14.4 Å². The molecule has 166 valence electrons. The molecule has 0 N–H and O–H groups in total. The summed E-state index contributed by atoms with van der Waals surface area (Å²) in [6.45, 7) is 9.34. The van der Waals surface area contributed by atoms with Crippen LogP contribution in [-0.2, 0) is 28.6 Å². The van der Waals surface area contributed by atoms with Crippen LogP contribution in [0.4, 0.5) is 0 Å². The molecule has 0 aromatic rings. The average molecular weight is 411 g/mol. The Morgan fingerprint density at radius 3 is 2.34 bits per heavy atom. The number of esters is 3. The van der Waals surface area contributed by atoms with Gasteiger partial charge in [0.15, 0.2) is 0 Å². The lowest BCUT2D eigenvalue weighted by Gasteiger charge is -2.39. The predicted octanol–water partition coefficient (Wildman–Crippen LogP) is 4.89. The van der Waals surface area contributed by atoms with Crippen molar-refractivity contribution in [3.8, 4) is 0 Å². The van der Waals surface area contributed by atoms with Crippen LogP contribution in [0.15, 0.2) is 12.7 Å². The first-order valence-electron chi connectivity index (χ1n) is 11.1. The highest BCUT2D eigenvalue weighted by Gasteiger charge is 2.55. The molecule has 29 heavy (non-hydrogen) atoms. The fraction of sp³-hybridized carbons (Fsp3) is 0.783. The normalized spacial score (nSPS) is 21.4. The lowest BCUT2D eigenvalue weighted by Crippen LogP contribution is -2.55. The van der Waals surface area contributed by atoms with E-state index in [1.54, 1.807) is 13.8 Å². The monoisotopic (exact) mass is 410 g/mol. The summed E-state index contributed by atoms with van der Waals surface area (Å²) in [6, 6.07) is 0. The standard InChI is InChI=1S/C23H38O6/c1-5-7-8-9-10-11-14-17-27-22(26)23(29-20(24)6-2)16-13-12-15-19(23)21(25)28-18(3)4/h6,18-19H,2,5,7-17H2,1,3-4H3. The fourth-order valence-corrected chi connectivity index (χ4v) is 3.74. The van der Waals surface area contributed by atoms with Gasteiger partial charge in [-0.2, -0.15) is 0 Å². The lowest BCUT2D eigenvalue weighted by molar-refractivity contribution is -0.199. The van der Waals surface area contributed by atoms with E-state index >= 15 is 0 Å². The minimum Gasteiger partial charge on any atom is -0.463 e. The van der Waals surface area contributed by atoms with Gasteiger partial charge in [0.05, 0.1) is 12.7 Å². The quantitative estimate of drug-likeness (QED) is 0.186. The van der Waals surface area contributed by atoms with Gasteiger partial charge in [-0.15, -0.1) is 0 Å². The third-order valence-corrected chi connectivity index (χ3v) is 5.27. The van der Waals surface area contributed by atoms with Gasteiger partial charge in [0.1, 0.15) is 5.92 Å². The SMILES string of the molecule is C=CC(=O)OC1(C(=O)OCCCCCCCCC)CCCCC1C(=O)OC(C)C. The molecule has 2 unspecified atom stereocenters. The van der Waals surface area contributed by atoms with Crippen LogP contribution in [-0.4, -0.2) is 36.2 Å². The first kappa shape index (κ1) is 25.2. The Labute approximate surface area is 175 Å². The van der Waals surface area contributed by atoms with Crippen molar-refractivity contribution in [3.63, 3.8) is 0 Å². The van der Waals surface area contributed by atoms with Gasteiger partial charge >= 0.3 is 17.9 Å². The van der Waals surface area contributed by atoms with E-state index in [1.807, 2.05) is 0 Å². The number of hydrogen-bond donors (Lipinski definition) is 0. The van der Waals surface area contributed by atoms with Gasteiger partial charge in [-0.1, -0.05) is 58.4 Å². The summed E-state index contributed by atoms with van der Waals surface area (Å²) in [5.74, 6) is -2.76. The molecule has 1 saturated carbocycles. The second-order valence-electron chi connectivity index (χ2n) is 8.06. The molecule has 0 spiro atoms. The summed E-state index contributed by atoms with van der Waals surface area (Å²) >= 11 is 0. The Morgan fingerprint density at radius 2 is 1.72 bits per heavy atom. The van der Waals surface area contributed by atoms with E-state index in [1.165, 1.54) is 25.7 Å². The summed E-state index contributed by atoms with van der Waals surface area (Å²) in [7, 11) is 0. The number of ether oxygens (including phenoxy) is 3. The summed E-state index contributed by atoms with van der Waals surface area (Å²) < 4.78 is 16.3. The first-order chi connectivity index (χ1) is 13.9. The summed E-state index contributed by atoms with van der Waals surface area (Å²) in [4.78, 5) is 37.6. The van der Waals surface area contributed by atoms with Crippen LogP contribution in [0.1, 0.15) is 91.4 Å². The Morgan fingerprint density at radius 1 is 1.07 bits per heavy atom. The third-order valence-electron chi connectivity index (χ3n) is 5.27. The Hall–Kier alpha value is -1.85. The highest BCUT2D eigenvalue weighted by Crippen LogP contribution is 2.39. The number of carbonyl (C=O) groups is 3. The number of rotatable bonds is 13. The van der Waals surface area contributed by atoms with Gasteiger partial charge in [-0.25, -0.2) is 9.59 Å². The van der Waals surface area contributed by atoms with Gasteiger partial charge in [0, 0.05) is 6.08 Å². The van der Waals surface area contributed by atoms with Crippen LogP contribution < -0.4 is 0 Å². The molecule has 1 aliphatic rings. The first-order valence-corrected chi connectivity index (χ1v) is 11.1. The number of hydrogen-bond acceptors (Lipinski definition) is 6. The van der Waals surface area contributed by atoms with E-state index in [-0.39, 0.29) is 19.1 Å². The molecule has 6 nitrogen and oxygen atoms in total. The molecular weight excluding hydrogens is 372 g/mol. The van der Waals surface area contributed by atoms with Gasteiger partial charge < -0.3 is 14.2 Å². The van der Waals surface area contributed by atoms with Crippen LogP contribution in [0.2, 0.25) is 0 Å². The Balaban J connectivity index is 2.75. The zero-order valence-corrected chi connectivity index (χ0v) is 18.4. The van der Waals surface area contributed by atoms with Crippen molar-refractivity contribution in [1.82, 2.24) is 0 Å². The summed E-state index contributed by atoms with van der Waals surface area (Å²) in [5.41, 5.74) is -1.63. The zero-order valence-electron chi connectivity index (χ0n) is 18.4. The average Bonchev–Trinajstić information content (AvgIpc) is 2.69. The molecule has 1 rings (SSSR count). The second kappa shape index (κ2) is 13.4. The van der Waals surface area contributed by atoms with Crippen LogP contribution in [0.5, 0.6) is 0 Å². The number of unbranched alkanes of at least 4 members (excludes halogenated alkanes) is 6. The van der Waals surface area contributed by atoms with Crippen molar-refractivity contribution >= 4 is 17.9 Å². The smallest absolute Gasteiger partial charge is 0.351 e. The van der Waals surface area contributed by atoms with Crippen LogP contribution >= 0.6 is 0 Å². The molecule has 0 aromatic heterocycles. The van der Waals surface area contributed by atoms with E-state index < -0.39 is 29.4 Å². The van der Waals surface area contributed by atoms with Crippen LogP contribution in [0.3, 0.4) is 0 Å². The highest BCUT2D eigenvalue weighted by molar-refractivity contribution is 5.92. The van der Waals surface area contributed by atoms with Crippen molar-refractivity contribution in [2.75, 3.05) is 6.61 Å². The molecule has 0 amide bonds. The van der Waals surface area contributed by atoms with Crippen molar-refractivity contribution in [2.45, 2.75) is 103 Å². The predicted molar refractivity (Wildman–Crippen MR) is 111 cm³/mol.